The number of aromatic nitrogens is 6. The summed E-state index contributed by atoms with van der Waals surface area (Å²) >= 11 is 0. The maximum Gasteiger partial charge on any atom is 0.317 e. The number of rotatable bonds is 8. The number of halogens is 4. The summed E-state index contributed by atoms with van der Waals surface area (Å²) in [4.78, 5) is 39.7. The van der Waals surface area contributed by atoms with Crippen molar-refractivity contribution in [3.8, 4) is 0 Å². The van der Waals surface area contributed by atoms with Crippen LogP contribution in [0.2, 0.25) is 0 Å². The number of alkyl halides is 4. The third-order valence-electron chi connectivity index (χ3n) is 13.2. The van der Waals surface area contributed by atoms with Crippen molar-refractivity contribution in [3.63, 3.8) is 0 Å². The standard InChI is InChI=1S/C22H30F2N6O2.C22H29F2N5O2.2C2H6/c1-13-17(20(23)24)10-15(11-26-13)28(3)21-18-12-29(22(32)25-2)9-8-19(18)30(27-21)14-4-6-16(31)7-5-14;1-13-18(21(23)24)10-16(11-25-13)27(3)22-19-12-28(14(2)30)9-8-20(19)29(26-22)15-4-6-17(31)7-5-15;2*1-2/h10-11,14,16,20,31H,4-9,12H2,1-3H3,(H,25,32);10-11,15,17,21,31H,4-9,12H2,1-3H3;2*1-2H3. The lowest BCUT2D eigenvalue weighted by Crippen LogP contribution is -2.41. The summed E-state index contributed by atoms with van der Waals surface area (Å²) in [5, 5.41) is 32.3. The second kappa shape index (κ2) is 23.6. The second-order valence-electron chi connectivity index (χ2n) is 17.2. The van der Waals surface area contributed by atoms with Crippen molar-refractivity contribution in [2.45, 2.75) is 163 Å². The molecule has 2 aliphatic heterocycles. The van der Waals surface area contributed by atoms with Crippen LogP contribution in [0, 0.1) is 13.8 Å². The first-order valence-corrected chi connectivity index (χ1v) is 23.8. The van der Waals surface area contributed by atoms with Crippen molar-refractivity contribution >= 4 is 34.9 Å². The molecule has 19 heteroatoms. The van der Waals surface area contributed by atoms with Gasteiger partial charge < -0.3 is 35.1 Å². The van der Waals surface area contributed by atoms with Gasteiger partial charge in [0.2, 0.25) is 5.91 Å². The third kappa shape index (κ3) is 11.9. The highest BCUT2D eigenvalue weighted by molar-refractivity contribution is 5.75. The number of nitrogens with one attached hydrogen (secondary N) is 1. The number of aliphatic hydroxyl groups excluding tert-OH is 2. The fraction of sp³-hybridized carbons (Fsp3) is 0.625. The van der Waals surface area contributed by atoms with Gasteiger partial charge in [-0.25, -0.2) is 22.4 Å². The molecule has 4 aliphatic rings. The van der Waals surface area contributed by atoms with E-state index in [1.54, 1.807) is 73.9 Å². The van der Waals surface area contributed by atoms with Crippen LogP contribution in [0.25, 0.3) is 0 Å². The van der Waals surface area contributed by atoms with Gasteiger partial charge in [-0.05, 0) is 77.3 Å². The summed E-state index contributed by atoms with van der Waals surface area (Å²) in [5.41, 5.74) is 5.51. The van der Waals surface area contributed by atoms with E-state index in [9.17, 15) is 37.4 Å². The summed E-state index contributed by atoms with van der Waals surface area (Å²) < 4.78 is 57.9. The van der Waals surface area contributed by atoms with Gasteiger partial charge in [-0.1, -0.05) is 27.7 Å². The quantitative estimate of drug-likeness (QED) is 0.145. The Morgan fingerprint density at radius 1 is 0.672 bits per heavy atom. The molecule has 0 radical (unpaired) electrons. The highest BCUT2D eigenvalue weighted by Gasteiger charge is 2.35. The molecule has 4 aromatic rings. The molecule has 370 valence electrons. The Morgan fingerprint density at radius 3 is 1.40 bits per heavy atom. The number of pyridine rings is 2. The molecule has 0 spiro atoms. The van der Waals surface area contributed by atoms with Crippen LogP contribution < -0.4 is 15.1 Å². The average Bonchev–Trinajstić information content (AvgIpc) is 3.91. The lowest BCUT2D eigenvalue weighted by atomic mass is 9.92. The van der Waals surface area contributed by atoms with Gasteiger partial charge in [0, 0.05) is 99.0 Å². The van der Waals surface area contributed by atoms with Gasteiger partial charge in [0.25, 0.3) is 12.9 Å². The number of carbonyl (C=O) groups is 2. The van der Waals surface area contributed by atoms with Crippen LogP contribution >= 0.6 is 0 Å². The first-order chi connectivity index (χ1) is 32.1. The first kappa shape index (κ1) is 52.7. The number of urea groups is 1. The predicted octanol–water partition coefficient (Wildman–Crippen LogP) is 9.19. The molecule has 4 aromatic heterocycles. The van der Waals surface area contributed by atoms with Crippen LogP contribution in [0.4, 0.5) is 45.4 Å². The van der Waals surface area contributed by atoms with E-state index >= 15 is 0 Å². The smallest absolute Gasteiger partial charge is 0.317 e. The van der Waals surface area contributed by atoms with Crippen molar-refractivity contribution < 1.29 is 37.4 Å². The Morgan fingerprint density at radius 2 is 1.04 bits per heavy atom. The molecule has 67 heavy (non-hydrogen) atoms. The fourth-order valence-electron chi connectivity index (χ4n) is 9.34. The number of aliphatic hydroxyl groups is 2. The van der Waals surface area contributed by atoms with Crippen LogP contribution in [0.5, 0.6) is 0 Å². The minimum Gasteiger partial charge on any atom is -0.393 e. The molecule has 0 atom stereocenters. The summed E-state index contributed by atoms with van der Waals surface area (Å²) in [5.74, 6) is 1.31. The Balaban J connectivity index is 0.000000234. The summed E-state index contributed by atoms with van der Waals surface area (Å²) in [7, 11) is 5.19. The molecular weight excluding hydrogens is 871 g/mol. The lowest BCUT2D eigenvalue weighted by Gasteiger charge is -2.30. The third-order valence-corrected chi connectivity index (χ3v) is 13.2. The Kier molecular flexibility index (Phi) is 18.6. The minimum atomic E-state index is -2.61. The van der Waals surface area contributed by atoms with E-state index in [2.05, 4.69) is 20.0 Å². The number of aryl methyl sites for hydroxylation is 2. The Bertz CT molecular complexity index is 2270. The lowest BCUT2D eigenvalue weighted by molar-refractivity contribution is -0.129. The first-order valence-electron chi connectivity index (χ1n) is 23.8. The molecule has 0 saturated heterocycles. The molecule has 2 aliphatic carbocycles. The largest absolute Gasteiger partial charge is 0.393 e. The fourth-order valence-corrected chi connectivity index (χ4v) is 9.34. The topological polar surface area (TPSA) is 161 Å². The van der Waals surface area contributed by atoms with Gasteiger partial charge in [0.1, 0.15) is 0 Å². The maximum atomic E-state index is 13.5. The summed E-state index contributed by atoms with van der Waals surface area (Å²) in [6.45, 7) is 14.8. The van der Waals surface area contributed by atoms with Crippen LogP contribution in [-0.4, -0.2) is 108 Å². The maximum absolute atomic E-state index is 13.5. The molecular formula is C48H71F4N11O4. The van der Waals surface area contributed by atoms with E-state index in [1.165, 1.54) is 12.1 Å². The number of carbonyl (C=O) groups excluding carboxylic acids is 2. The van der Waals surface area contributed by atoms with Crippen LogP contribution in [-0.2, 0) is 30.7 Å². The van der Waals surface area contributed by atoms with E-state index in [0.29, 0.717) is 73.4 Å². The predicted molar refractivity (Wildman–Crippen MR) is 252 cm³/mol. The summed E-state index contributed by atoms with van der Waals surface area (Å²) in [6.07, 6.45) is 5.06. The zero-order valence-electron chi connectivity index (χ0n) is 40.9. The Hall–Kier alpha value is -5.30. The van der Waals surface area contributed by atoms with E-state index < -0.39 is 12.9 Å². The van der Waals surface area contributed by atoms with Crippen molar-refractivity contribution in [1.82, 2.24) is 44.6 Å². The molecule has 0 bridgehead atoms. The van der Waals surface area contributed by atoms with Crippen molar-refractivity contribution in [1.29, 1.82) is 0 Å². The Labute approximate surface area is 392 Å². The minimum absolute atomic E-state index is 0.00443. The van der Waals surface area contributed by atoms with Gasteiger partial charge in [0.15, 0.2) is 11.6 Å². The molecule has 0 unspecified atom stereocenters. The van der Waals surface area contributed by atoms with Crippen LogP contribution in [0.3, 0.4) is 0 Å². The van der Waals surface area contributed by atoms with Gasteiger partial charge in [-0.3, -0.25) is 24.1 Å². The normalized spacial score (nSPS) is 20.0. The van der Waals surface area contributed by atoms with Gasteiger partial charge in [0.05, 0.1) is 61.1 Å². The van der Waals surface area contributed by atoms with Gasteiger partial charge >= 0.3 is 6.03 Å². The molecule has 2 fully saturated rings. The van der Waals surface area contributed by atoms with Crippen molar-refractivity contribution in [2.24, 2.45) is 0 Å². The molecule has 15 nitrogen and oxygen atoms in total. The molecule has 3 amide bonds. The SMILES string of the molecule is CC.CC.CC(=O)N1CCc2c(c(N(C)c3cnc(C)c(C(F)F)c3)nn2C2CCC(O)CC2)C1.CNC(=O)N1CCc2c(c(N(C)c3cnc(C)c(C(F)F)c3)nn2C2CCC(O)CC2)C1. The average molecular weight is 942 g/mol. The zero-order valence-corrected chi connectivity index (χ0v) is 40.9. The monoisotopic (exact) mass is 942 g/mol. The van der Waals surface area contributed by atoms with Crippen molar-refractivity contribution in [2.75, 3.05) is 44.0 Å². The summed E-state index contributed by atoms with van der Waals surface area (Å²) in [6, 6.07) is 3.12. The van der Waals surface area contributed by atoms with E-state index in [4.69, 9.17) is 10.2 Å². The number of anilines is 4. The molecule has 2 saturated carbocycles. The highest BCUT2D eigenvalue weighted by atomic mass is 19.3. The van der Waals surface area contributed by atoms with Crippen molar-refractivity contribution in [3.05, 3.63) is 69.6 Å². The number of hydrogen-bond donors (Lipinski definition) is 3. The number of amides is 3. The van der Waals surface area contributed by atoms with E-state index in [0.717, 1.165) is 73.9 Å². The van der Waals surface area contributed by atoms with E-state index in [-0.39, 0.29) is 47.4 Å². The number of nitrogens with zero attached hydrogens (tertiary/aromatic N) is 10. The molecule has 6 heterocycles. The van der Waals surface area contributed by atoms with Gasteiger partial charge in [-0.15, -0.1) is 0 Å². The van der Waals surface area contributed by atoms with E-state index in [1.807, 2.05) is 32.4 Å². The van der Waals surface area contributed by atoms with Crippen LogP contribution in [0.1, 0.15) is 156 Å². The highest BCUT2D eigenvalue weighted by Crippen LogP contribution is 2.40. The number of hydrogen-bond acceptors (Lipinski definition) is 10. The molecule has 8 rings (SSSR count). The van der Waals surface area contributed by atoms with Gasteiger partial charge in [-0.2, -0.15) is 10.2 Å². The zero-order chi connectivity index (χ0) is 49.3. The second-order valence-corrected chi connectivity index (χ2v) is 17.2. The molecule has 0 aromatic carbocycles. The van der Waals surface area contributed by atoms with Crippen LogP contribution in [0.15, 0.2) is 24.5 Å². The molecule has 3 N–H and O–H groups in total. The number of fused-ring (bicyclic) bond motifs is 2.